The maximum Gasteiger partial charge on any atom is 0.191 e. The molecule has 0 bridgehead atoms. The number of benzene rings is 1. The average molecular weight is 252 g/mol. The minimum atomic E-state index is 0.690. The highest BCUT2D eigenvalue weighted by molar-refractivity contribution is 6.17. The van der Waals surface area contributed by atoms with Crippen LogP contribution in [0, 0.1) is 0 Å². The second-order valence-corrected chi connectivity index (χ2v) is 4.51. The van der Waals surface area contributed by atoms with E-state index in [2.05, 4.69) is 29.2 Å². The van der Waals surface area contributed by atoms with Gasteiger partial charge < -0.3 is 9.72 Å². The number of hydrogen-bond acceptors (Lipinski definition) is 1. The topological polar surface area (TPSA) is 25.0 Å². The van der Waals surface area contributed by atoms with Crippen LogP contribution >= 0.6 is 11.6 Å². The first kappa shape index (κ1) is 12.3. The van der Waals surface area contributed by atoms with Crippen LogP contribution in [0.3, 0.4) is 0 Å². The molecule has 0 spiro atoms. The van der Waals surface area contributed by atoms with Crippen LogP contribution in [0.5, 0.6) is 5.88 Å². The van der Waals surface area contributed by atoms with Gasteiger partial charge in [0.15, 0.2) is 5.88 Å². The molecule has 0 fully saturated rings. The number of H-pyrrole nitrogens is 1. The highest BCUT2D eigenvalue weighted by Crippen LogP contribution is 2.22. The van der Waals surface area contributed by atoms with Gasteiger partial charge in [0.1, 0.15) is 0 Å². The quantitative estimate of drug-likeness (QED) is 0.606. The highest BCUT2D eigenvalue weighted by atomic mass is 35.5. The summed E-state index contributed by atoms with van der Waals surface area (Å²) < 4.78 is 5.46. The van der Waals surface area contributed by atoms with Crippen molar-refractivity contribution in [1.29, 1.82) is 0 Å². The lowest BCUT2D eigenvalue weighted by Crippen LogP contribution is -1.89. The van der Waals surface area contributed by atoms with E-state index in [9.17, 15) is 0 Å². The summed E-state index contributed by atoms with van der Waals surface area (Å²) in [6.45, 7) is 2.68. The number of aromatic nitrogens is 1. The first-order valence-electron chi connectivity index (χ1n) is 6.14. The zero-order valence-electron chi connectivity index (χ0n) is 10.1. The number of unbranched alkanes of at least 4 members (excludes halogenated alkanes) is 1. The largest absolute Gasteiger partial charge is 0.479 e. The van der Waals surface area contributed by atoms with Crippen molar-refractivity contribution in [2.75, 3.05) is 12.5 Å². The monoisotopic (exact) mass is 251 g/mol. The Morgan fingerprint density at radius 3 is 2.88 bits per heavy atom. The molecule has 17 heavy (non-hydrogen) atoms. The molecule has 1 aromatic heterocycles. The van der Waals surface area contributed by atoms with Crippen molar-refractivity contribution in [3.8, 4) is 5.88 Å². The summed E-state index contributed by atoms with van der Waals surface area (Å²) in [5.41, 5.74) is 2.50. The SMILES string of the molecule is CCOc1cc2cc(CCCCCl)ccc2[nH]1. The van der Waals surface area contributed by atoms with Gasteiger partial charge in [-0.2, -0.15) is 0 Å². The van der Waals surface area contributed by atoms with E-state index < -0.39 is 0 Å². The molecule has 3 heteroatoms. The number of nitrogens with one attached hydrogen (secondary N) is 1. The summed E-state index contributed by atoms with van der Waals surface area (Å²) in [4.78, 5) is 3.25. The molecule has 0 atom stereocenters. The molecule has 2 nitrogen and oxygen atoms in total. The number of ether oxygens (including phenoxy) is 1. The fourth-order valence-corrected chi connectivity index (χ4v) is 2.16. The molecule has 0 saturated heterocycles. The number of hydrogen-bond donors (Lipinski definition) is 1. The fourth-order valence-electron chi connectivity index (χ4n) is 1.97. The molecule has 0 aliphatic rings. The number of aromatic amines is 1. The summed E-state index contributed by atoms with van der Waals surface area (Å²) in [7, 11) is 0. The van der Waals surface area contributed by atoms with Crippen LogP contribution in [0.25, 0.3) is 10.9 Å². The molecule has 1 N–H and O–H groups in total. The third-order valence-corrected chi connectivity index (χ3v) is 3.08. The summed E-state index contributed by atoms with van der Waals surface area (Å²) in [5, 5.41) is 1.22. The van der Waals surface area contributed by atoms with Gasteiger partial charge in [0.05, 0.1) is 6.61 Å². The molecule has 0 aliphatic carbocycles. The van der Waals surface area contributed by atoms with E-state index in [1.165, 1.54) is 10.9 Å². The summed E-state index contributed by atoms with van der Waals surface area (Å²) in [5.74, 6) is 1.60. The number of halogens is 1. The van der Waals surface area contributed by atoms with E-state index in [0.29, 0.717) is 6.61 Å². The Bertz CT molecular complexity index is 478. The summed E-state index contributed by atoms with van der Waals surface area (Å²) in [6.07, 6.45) is 3.33. The van der Waals surface area contributed by atoms with E-state index in [-0.39, 0.29) is 0 Å². The van der Waals surface area contributed by atoms with Crippen LogP contribution in [0.2, 0.25) is 0 Å². The maximum absolute atomic E-state index is 5.68. The first-order valence-corrected chi connectivity index (χ1v) is 6.67. The Hall–Kier alpha value is -1.15. The second kappa shape index (κ2) is 5.97. The Morgan fingerprint density at radius 1 is 1.24 bits per heavy atom. The molecular formula is C14H18ClNO. The molecule has 2 aromatic rings. The molecule has 1 aromatic carbocycles. The predicted octanol–water partition coefficient (Wildman–Crippen LogP) is 4.13. The van der Waals surface area contributed by atoms with Crippen molar-refractivity contribution in [2.45, 2.75) is 26.2 Å². The minimum absolute atomic E-state index is 0.690. The number of aryl methyl sites for hydroxylation is 1. The van der Waals surface area contributed by atoms with Gasteiger partial charge in [-0.15, -0.1) is 11.6 Å². The van der Waals surface area contributed by atoms with Crippen LogP contribution in [-0.4, -0.2) is 17.5 Å². The number of rotatable bonds is 6. The molecule has 0 saturated carbocycles. The van der Waals surface area contributed by atoms with E-state index in [1.54, 1.807) is 0 Å². The smallest absolute Gasteiger partial charge is 0.191 e. The van der Waals surface area contributed by atoms with Gasteiger partial charge in [-0.1, -0.05) is 6.07 Å². The third kappa shape index (κ3) is 3.16. The van der Waals surface area contributed by atoms with Crippen LogP contribution in [0.15, 0.2) is 24.3 Å². The summed E-state index contributed by atoms with van der Waals surface area (Å²) in [6, 6.07) is 8.57. The van der Waals surface area contributed by atoms with Crippen molar-refractivity contribution in [3.05, 3.63) is 29.8 Å². The van der Waals surface area contributed by atoms with Crippen molar-refractivity contribution in [1.82, 2.24) is 4.98 Å². The van der Waals surface area contributed by atoms with Gasteiger partial charge >= 0.3 is 0 Å². The van der Waals surface area contributed by atoms with Gasteiger partial charge in [-0.25, -0.2) is 0 Å². The summed E-state index contributed by atoms with van der Waals surface area (Å²) >= 11 is 5.68. The minimum Gasteiger partial charge on any atom is -0.479 e. The normalized spacial score (nSPS) is 10.9. The van der Waals surface area contributed by atoms with E-state index in [4.69, 9.17) is 16.3 Å². The van der Waals surface area contributed by atoms with Gasteiger partial charge in [-0.3, -0.25) is 0 Å². The molecule has 1 heterocycles. The first-order chi connectivity index (χ1) is 8.33. The van der Waals surface area contributed by atoms with Gasteiger partial charge in [0.25, 0.3) is 0 Å². The van der Waals surface area contributed by atoms with Crippen LogP contribution < -0.4 is 4.74 Å². The van der Waals surface area contributed by atoms with Crippen LogP contribution in [-0.2, 0) is 6.42 Å². The van der Waals surface area contributed by atoms with Crippen molar-refractivity contribution in [3.63, 3.8) is 0 Å². The fraction of sp³-hybridized carbons (Fsp3) is 0.429. The van der Waals surface area contributed by atoms with Crippen molar-refractivity contribution >= 4 is 22.5 Å². The van der Waals surface area contributed by atoms with E-state index in [0.717, 1.165) is 36.5 Å². The Labute approximate surface area is 107 Å². The van der Waals surface area contributed by atoms with Crippen LogP contribution in [0.4, 0.5) is 0 Å². The zero-order valence-corrected chi connectivity index (χ0v) is 10.9. The molecule has 0 amide bonds. The van der Waals surface area contributed by atoms with E-state index >= 15 is 0 Å². The lowest BCUT2D eigenvalue weighted by molar-refractivity contribution is 0.329. The Balaban J connectivity index is 2.12. The standard InChI is InChI=1S/C14H18ClNO/c1-2-17-14-10-12-9-11(5-3-4-8-15)6-7-13(12)16-14/h6-7,9-10,16H,2-5,8H2,1H3. The molecule has 0 aliphatic heterocycles. The molecule has 0 unspecified atom stereocenters. The van der Waals surface area contributed by atoms with Gasteiger partial charge in [-0.05, 0) is 43.9 Å². The lowest BCUT2D eigenvalue weighted by Gasteiger charge is -2.00. The molecule has 92 valence electrons. The van der Waals surface area contributed by atoms with Gasteiger partial charge in [0.2, 0.25) is 0 Å². The third-order valence-electron chi connectivity index (χ3n) is 2.81. The van der Waals surface area contributed by atoms with Crippen molar-refractivity contribution < 1.29 is 4.74 Å². The Morgan fingerprint density at radius 2 is 2.12 bits per heavy atom. The van der Waals surface area contributed by atoms with Gasteiger partial charge in [0, 0.05) is 22.8 Å². The zero-order chi connectivity index (χ0) is 12.1. The van der Waals surface area contributed by atoms with Crippen LogP contribution in [0.1, 0.15) is 25.3 Å². The maximum atomic E-state index is 5.68. The molecule has 2 rings (SSSR count). The molecule has 0 radical (unpaired) electrons. The van der Waals surface area contributed by atoms with E-state index in [1.807, 2.05) is 6.92 Å². The average Bonchev–Trinajstić information content (AvgIpc) is 2.71. The number of fused-ring (bicyclic) bond motifs is 1. The second-order valence-electron chi connectivity index (χ2n) is 4.13. The predicted molar refractivity (Wildman–Crippen MR) is 73.1 cm³/mol. The number of alkyl halides is 1. The molecular weight excluding hydrogens is 234 g/mol. The van der Waals surface area contributed by atoms with Crippen molar-refractivity contribution in [2.24, 2.45) is 0 Å². The highest BCUT2D eigenvalue weighted by Gasteiger charge is 2.02. The Kier molecular flexibility index (Phi) is 4.32. The lowest BCUT2D eigenvalue weighted by atomic mass is 10.1.